The Morgan fingerprint density at radius 1 is 1.78 bits per heavy atom. The van der Waals surface area contributed by atoms with Crippen LogP contribution in [0.2, 0.25) is 0 Å². The summed E-state index contributed by atoms with van der Waals surface area (Å²) in [5.74, 6) is -1.79. The molecule has 0 aromatic heterocycles. The molecule has 0 bridgehead atoms. The zero-order valence-corrected chi connectivity index (χ0v) is 9.92. The number of carboxylic acid groups (broad SMARTS) is 1. The number of nitrogens with one attached hydrogen (secondary N) is 1. The zero-order chi connectivity index (χ0) is 13.3. The van der Waals surface area contributed by atoms with Gasteiger partial charge in [-0.25, -0.2) is 4.79 Å². The molecule has 98 valence electrons. The molecule has 7 heteroatoms. The summed E-state index contributed by atoms with van der Waals surface area (Å²) < 4.78 is 5.05. The number of carboxylic acids is 1. The third-order valence-corrected chi connectivity index (χ3v) is 3.10. The van der Waals surface area contributed by atoms with Crippen molar-refractivity contribution in [2.45, 2.75) is 25.5 Å². The maximum absolute atomic E-state index is 11.3. The summed E-state index contributed by atoms with van der Waals surface area (Å²) in [6.07, 6.45) is 1.39. The molecule has 3 atom stereocenters. The van der Waals surface area contributed by atoms with Gasteiger partial charge in [0.15, 0.2) is 5.96 Å². The highest BCUT2D eigenvalue weighted by atomic mass is 16.5. The highest BCUT2D eigenvalue weighted by Gasteiger charge is 2.35. The van der Waals surface area contributed by atoms with Crippen molar-refractivity contribution in [3.63, 3.8) is 0 Å². The summed E-state index contributed by atoms with van der Waals surface area (Å²) in [6.45, 7) is 1.97. The Hall–Kier alpha value is -2.05. The predicted molar refractivity (Wildman–Crippen MR) is 62.8 cm³/mol. The van der Waals surface area contributed by atoms with Gasteiger partial charge in [-0.05, 0) is 13.0 Å². The number of nitrogens with zero attached hydrogens (tertiary/aromatic N) is 1. The Bertz CT molecular complexity index is 444. The number of ether oxygens (including phenoxy) is 1. The Balaban J connectivity index is 2.00. The fourth-order valence-electron chi connectivity index (χ4n) is 2.12. The van der Waals surface area contributed by atoms with Crippen molar-refractivity contribution in [1.29, 1.82) is 0 Å². The van der Waals surface area contributed by atoms with Crippen LogP contribution in [-0.2, 0) is 14.3 Å². The molecule has 2 heterocycles. The molecule has 4 N–H and O–H groups in total. The summed E-state index contributed by atoms with van der Waals surface area (Å²) >= 11 is 0. The zero-order valence-electron chi connectivity index (χ0n) is 9.92. The van der Waals surface area contributed by atoms with E-state index in [9.17, 15) is 14.7 Å². The van der Waals surface area contributed by atoms with Crippen molar-refractivity contribution in [1.82, 2.24) is 5.32 Å². The van der Waals surface area contributed by atoms with Crippen molar-refractivity contribution in [2.75, 3.05) is 6.54 Å². The van der Waals surface area contributed by atoms with Gasteiger partial charge in [-0.15, -0.1) is 0 Å². The van der Waals surface area contributed by atoms with E-state index in [0.29, 0.717) is 12.1 Å². The topological polar surface area (TPSA) is 114 Å². The van der Waals surface area contributed by atoms with E-state index in [1.165, 1.54) is 0 Å². The summed E-state index contributed by atoms with van der Waals surface area (Å²) in [6, 6.07) is -0.351. The highest BCUT2D eigenvalue weighted by Crippen LogP contribution is 2.23. The molecular weight excluding hydrogens is 238 g/mol. The molecule has 0 aliphatic carbocycles. The van der Waals surface area contributed by atoms with Gasteiger partial charge >= 0.3 is 11.9 Å². The Labute approximate surface area is 104 Å². The van der Waals surface area contributed by atoms with Crippen LogP contribution in [0.4, 0.5) is 0 Å². The standard InChI is InChI=1S/C11H15N3O4/c1-5-2-6(18-10(5)17)3-7(9(15)16)8-4-13-11(12)14-8/h2,6-8H,3-4H2,1H3,(H,15,16)(H3,12,13,14)/t6-,7+,8-/m0/s1. The third-order valence-electron chi connectivity index (χ3n) is 3.10. The molecule has 2 rings (SSSR count). The molecule has 0 aromatic carbocycles. The van der Waals surface area contributed by atoms with Crippen molar-refractivity contribution in [2.24, 2.45) is 16.6 Å². The molecule has 18 heavy (non-hydrogen) atoms. The average molecular weight is 253 g/mol. The molecular formula is C11H15N3O4. The van der Waals surface area contributed by atoms with Gasteiger partial charge < -0.3 is 20.9 Å². The van der Waals surface area contributed by atoms with E-state index in [-0.39, 0.29) is 24.4 Å². The highest BCUT2D eigenvalue weighted by molar-refractivity contribution is 5.90. The van der Waals surface area contributed by atoms with E-state index in [1.807, 2.05) is 0 Å². The second-order valence-electron chi connectivity index (χ2n) is 4.45. The third kappa shape index (κ3) is 2.44. The summed E-state index contributed by atoms with van der Waals surface area (Å²) in [5, 5.41) is 12.0. The lowest BCUT2D eigenvalue weighted by atomic mass is 9.93. The van der Waals surface area contributed by atoms with Gasteiger partial charge in [0.25, 0.3) is 0 Å². The van der Waals surface area contributed by atoms with Crippen molar-refractivity contribution >= 4 is 17.9 Å². The normalized spacial score (nSPS) is 28.2. The number of nitrogens with two attached hydrogens (primary N) is 1. The molecule has 0 unspecified atom stereocenters. The minimum absolute atomic E-state index is 0.221. The summed E-state index contributed by atoms with van der Waals surface area (Å²) in [5.41, 5.74) is 5.98. The Morgan fingerprint density at radius 3 is 2.94 bits per heavy atom. The number of hydrogen-bond donors (Lipinski definition) is 3. The molecule has 2 aliphatic heterocycles. The number of esters is 1. The molecule has 0 saturated heterocycles. The number of guanidine groups is 1. The Morgan fingerprint density at radius 2 is 2.50 bits per heavy atom. The number of aliphatic imine (C=N–C) groups is 1. The van der Waals surface area contributed by atoms with E-state index in [4.69, 9.17) is 10.5 Å². The van der Waals surface area contributed by atoms with Crippen LogP contribution in [0.25, 0.3) is 0 Å². The van der Waals surface area contributed by atoms with Crippen LogP contribution in [0.5, 0.6) is 0 Å². The lowest BCUT2D eigenvalue weighted by Gasteiger charge is -2.21. The molecule has 0 aromatic rings. The number of hydrogen-bond acceptors (Lipinski definition) is 6. The van der Waals surface area contributed by atoms with Gasteiger partial charge in [-0.3, -0.25) is 9.79 Å². The first-order valence-electron chi connectivity index (χ1n) is 5.66. The second-order valence-corrected chi connectivity index (χ2v) is 4.45. The van der Waals surface area contributed by atoms with Gasteiger partial charge in [0.2, 0.25) is 0 Å². The van der Waals surface area contributed by atoms with E-state index < -0.39 is 18.0 Å². The molecule has 2 aliphatic rings. The molecule has 0 saturated carbocycles. The van der Waals surface area contributed by atoms with Crippen LogP contribution >= 0.6 is 0 Å². The largest absolute Gasteiger partial charge is 0.481 e. The average Bonchev–Trinajstić information content (AvgIpc) is 2.83. The van der Waals surface area contributed by atoms with Crippen LogP contribution in [0.1, 0.15) is 13.3 Å². The first kappa shape index (κ1) is 12.4. The second kappa shape index (κ2) is 4.67. The number of rotatable bonds is 4. The summed E-state index contributed by atoms with van der Waals surface area (Å²) in [7, 11) is 0. The van der Waals surface area contributed by atoms with Crippen LogP contribution in [0.15, 0.2) is 16.6 Å². The lowest BCUT2D eigenvalue weighted by Crippen LogP contribution is -2.44. The lowest BCUT2D eigenvalue weighted by molar-refractivity contribution is -0.147. The first-order valence-corrected chi connectivity index (χ1v) is 5.66. The first-order chi connectivity index (χ1) is 8.47. The van der Waals surface area contributed by atoms with Crippen LogP contribution in [0, 0.1) is 5.92 Å². The van der Waals surface area contributed by atoms with Gasteiger partial charge in [-0.2, -0.15) is 0 Å². The number of cyclic esters (lactones) is 1. The van der Waals surface area contributed by atoms with Crippen molar-refractivity contribution in [3.05, 3.63) is 11.6 Å². The van der Waals surface area contributed by atoms with Gasteiger partial charge in [0, 0.05) is 12.0 Å². The maximum atomic E-state index is 11.3. The number of aliphatic carboxylic acids is 1. The van der Waals surface area contributed by atoms with E-state index >= 15 is 0 Å². The van der Waals surface area contributed by atoms with Crippen LogP contribution in [0.3, 0.4) is 0 Å². The van der Waals surface area contributed by atoms with Crippen molar-refractivity contribution in [3.8, 4) is 0 Å². The Kier molecular flexibility index (Phi) is 3.22. The molecule has 0 amide bonds. The van der Waals surface area contributed by atoms with Crippen molar-refractivity contribution < 1.29 is 19.4 Å². The fraction of sp³-hybridized carbons (Fsp3) is 0.545. The number of carbonyl (C=O) groups is 2. The minimum Gasteiger partial charge on any atom is -0.481 e. The molecule has 7 nitrogen and oxygen atoms in total. The predicted octanol–water partition coefficient (Wildman–Crippen LogP) is -0.764. The molecule has 0 spiro atoms. The van der Waals surface area contributed by atoms with Crippen LogP contribution < -0.4 is 11.1 Å². The van der Waals surface area contributed by atoms with E-state index in [0.717, 1.165) is 0 Å². The minimum atomic E-state index is -0.952. The SMILES string of the molecule is CC1=C[C@@H](C[C@@H](C(=O)O)[C@@H]2CN=C(N)N2)OC1=O. The van der Waals surface area contributed by atoms with E-state index in [1.54, 1.807) is 13.0 Å². The fourth-order valence-corrected chi connectivity index (χ4v) is 2.12. The van der Waals surface area contributed by atoms with Crippen LogP contribution in [-0.4, -0.2) is 41.7 Å². The molecule has 0 radical (unpaired) electrons. The maximum Gasteiger partial charge on any atom is 0.334 e. The molecule has 0 fully saturated rings. The smallest absolute Gasteiger partial charge is 0.334 e. The monoisotopic (exact) mass is 253 g/mol. The summed E-state index contributed by atoms with van der Waals surface area (Å²) in [4.78, 5) is 26.4. The quantitative estimate of drug-likeness (QED) is 0.567. The van der Waals surface area contributed by atoms with Gasteiger partial charge in [0.1, 0.15) is 6.10 Å². The van der Waals surface area contributed by atoms with Gasteiger partial charge in [-0.1, -0.05) is 0 Å². The number of carbonyl (C=O) groups excluding carboxylic acids is 1. The van der Waals surface area contributed by atoms with E-state index in [2.05, 4.69) is 10.3 Å². The van der Waals surface area contributed by atoms with Gasteiger partial charge in [0.05, 0.1) is 18.5 Å².